The van der Waals surface area contributed by atoms with Gasteiger partial charge in [-0.25, -0.2) is 0 Å². The van der Waals surface area contributed by atoms with E-state index in [-0.39, 0.29) is 17.3 Å². The summed E-state index contributed by atoms with van der Waals surface area (Å²) in [6.45, 7) is 3.23. The quantitative estimate of drug-likeness (QED) is 0.769. The molecule has 0 aliphatic heterocycles. The highest BCUT2D eigenvalue weighted by Gasteiger charge is 2.21. The maximum absolute atomic E-state index is 11.6. The van der Waals surface area contributed by atoms with E-state index in [0.29, 0.717) is 19.3 Å². The highest BCUT2D eigenvalue weighted by molar-refractivity contribution is 6.01. The van der Waals surface area contributed by atoms with Crippen molar-refractivity contribution in [2.75, 3.05) is 0 Å². The molecule has 0 aliphatic carbocycles. The van der Waals surface area contributed by atoms with Crippen LogP contribution in [-0.4, -0.2) is 16.7 Å². The molecule has 1 unspecified atom stereocenters. The topological polar surface area (TPSA) is 54.4 Å². The van der Waals surface area contributed by atoms with E-state index in [1.54, 1.807) is 25.1 Å². The number of carbonyl (C=O) groups is 2. The first kappa shape index (κ1) is 13.4. The average molecular weight is 234 g/mol. The van der Waals surface area contributed by atoms with Crippen molar-refractivity contribution in [1.82, 2.24) is 0 Å². The molecule has 1 rings (SSSR count). The van der Waals surface area contributed by atoms with Crippen LogP contribution in [0.5, 0.6) is 5.75 Å². The Kier molecular flexibility index (Phi) is 4.88. The number of ketones is 2. The van der Waals surface area contributed by atoms with Crippen LogP contribution in [0, 0.1) is 5.92 Å². The molecular weight excluding hydrogens is 216 g/mol. The third-order valence-electron chi connectivity index (χ3n) is 2.86. The van der Waals surface area contributed by atoms with Gasteiger partial charge in [0.2, 0.25) is 0 Å². The van der Waals surface area contributed by atoms with Gasteiger partial charge in [0.1, 0.15) is 17.3 Å². The fourth-order valence-electron chi connectivity index (χ4n) is 1.86. The molecule has 17 heavy (non-hydrogen) atoms. The van der Waals surface area contributed by atoms with Gasteiger partial charge in [-0.2, -0.15) is 0 Å². The van der Waals surface area contributed by atoms with E-state index in [1.807, 2.05) is 6.07 Å². The molecule has 0 heterocycles. The van der Waals surface area contributed by atoms with Crippen molar-refractivity contribution >= 4 is 11.6 Å². The number of phenols is 1. The number of hydrogen-bond donors (Lipinski definition) is 1. The molecule has 1 N–H and O–H groups in total. The van der Waals surface area contributed by atoms with Gasteiger partial charge >= 0.3 is 0 Å². The van der Waals surface area contributed by atoms with E-state index >= 15 is 0 Å². The number of aryl methyl sites for hydroxylation is 1. The number of aromatic hydroxyl groups is 1. The third-order valence-corrected chi connectivity index (χ3v) is 2.86. The molecule has 0 spiro atoms. The largest absolute Gasteiger partial charge is 0.508 e. The second kappa shape index (κ2) is 6.18. The van der Waals surface area contributed by atoms with Crippen molar-refractivity contribution < 1.29 is 14.7 Å². The summed E-state index contributed by atoms with van der Waals surface area (Å²) in [5.41, 5.74) is 0.945. The fraction of sp³-hybridized carbons (Fsp3) is 0.429. The number of benzene rings is 1. The summed E-state index contributed by atoms with van der Waals surface area (Å²) in [6, 6.07) is 6.90. The monoisotopic (exact) mass is 234 g/mol. The summed E-state index contributed by atoms with van der Waals surface area (Å²) in [4.78, 5) is 22.9. The Morgan fingerprint density at radius 1 is 1.35 bits per heavy atom. The van der Waals surface area contributed by atoms with Crippen LogP contribution in [0.2, 0.25) is 0 Å². The summed E-state index contributed by atoms with van der Waals surface area (Å²) in [5, 5.41) is 9.31. The SMILES string of the molecule is CCC(=O)C(CCc1cccc(O)c1)C(C)=O. The van der Waals surface area contributed by atoms with Gasteiger partial charge in [0.05, 0.1) is 5.92 Å². The lowest BCUT2D eigenvalue weighted by atomic mass is 9.91. The van der Waals surface area contributed by atoms with Crippen LogP contribution in [0.15, 0.2) is 24.3 Å². The molecule has 1 aromatic rings. The number of carbonyl (C=O) groups excluding carboxylic acids is 2. The van der Waals surface area contributed by atoms with Gasteiger partial charge in [-0.15, -0.1) is 0 Å². The standard InChI is InChI=1S/C14H18O3/c1-3-14(17)13(10(2)15)8-7-11-5-4-6-12(16)9-11/h4-6,9,13,16H,3,7-8H2,1-2H3. The Labute approximate surface area is 101 Å². The number of rotatable bonds is 6. The molecular formula is C14H18O3. The molecule has 0 fully saturated rings. The summed E-state index contributed by atoms with van der Waals surface area (Å²) >= 11 is 0. The molecule has 0 bridgehead atoms. The summed E-state index contributed by atoms with van der Waals surface area (Å²) in [7, 11) is 0. The van der Waals surface area contributed by atoms with Crippen LogP contribution in [0.25, 0.3) is 0 Å². The van der Waals surface area contributed by atoms with Gasteiger partial charge in [-0.3, -0.25) is 9.59 Å². The minimum atomic E-state index is -0.498. The molecule has 0 radical (unpaired) electrons. The first-order chi connectivity index (χ1) is 8.04. The van der Waals surface area contributed by atoms with E-state index < -0.39 is 5.92 Å². The van der Waals surface area contributed by atoms with Crippen molar-refractivity contribution in [1.29, 1.82) is 0 Å². The zero-order valence-corrected chi connectivity index (χ0v) is 10.3. The van der Waals surface area contributed by atoms with Crippen molar-refractivity contribution in [2.24, 2.45) is 5.92 Å². The Morgan fingerprint density at radius 3 is 2.59 bits per heavy atom. The van der Waals surface area contributed by atoms with Crippen molar-refractivity contribution in [3.8, 4) is 5.75 Å². The predicted octanol–water partition coefficient (Wildman–Crippen LogP) is 2.51. The Hall–Kier alpha value is -1.64. The highest BCUT2D eigenvalue weighted by Crippen LogP contribution is 2.17. The molecule has 1 aromatic carbocycles. The summed E-state index contributed by atoms with van der Waals surface area (Å²) in [5.74, 6) is -0.360. The normalized spacial score (nSPS) is 12.1. The smallest absolute Gasteiger partial charge is 0.143 e. The van der Waals surface area contributed by atoms with Crippen LogP contribution >= 0.6 is 0 Å². The van der Waals surface area contributed by atoms with Gasteiger partial charge < -0.3 is 5.11 Å². The van der Waals surface area contributed by atoms with E-state index in [1.165, 1.54) is 6.92 Å². The molecule has 1 atom stereocenters. The van der Waals surface area contributed by atoms with Crippen LogP contribution in [0.3, 0.4) is 0 Å². The van der Waals surface area contributed by atoms with E-state index in [2.05, 4.69) is 0 Å². The lowest BCUT2D eigenvalue weighted by Gasteiger charge is -2.11. The summed E-state index contributed by atoms with van der Waals surface area (Å²) in [6.07, 6.45) is 1.54. The second-order valence-corrected chi connectivity index (χ2v) is 4.19. The van der Waals surface area contributed by atoms with Gasteiger partial charge in [-0.05, 0) is 37.5 Å². The lowest BCUT2D eigenvalue weighted by Crippen LogP contribution is -2.21. The predicted molar refractivity (Wildman–Crippen MR) is 65.9 cm³/mol. The van der Waals surface area contributed by atoms with Crippen LogP contribution in [0.4, 0.5) is 0 Å². The highest BCUT2D eigenvalue weighted by atomic mass is 16.3. The van der Waals surface area contributed by atoms with E-state index in [4.69, 9.17) is 0 Å². The average Bonchev–Trinajstić information content (AvgIpc) is 2.28. The minimum Gasteiger partial charge on any atom is -0.508 e. The van der Waals surface area contributed by atoms with Gasteiger partial charge in [0.25, 0.3) is 0 Å². The number of phenolic OH excluding ortho intramolecular Hbond substituents is 1. The van der Waals surface area contributed by atoms with Crippen molar-refractivity contribution in [3.63, 3.8) is 0 Å². The van der Waals surface area contributed by atoms with Crippen LogP contribution in [0.1, 0.15) is 32.3 Å². The maximum atomic E-state index is 11.6. The van der Waals surface area contributed by atoms with E-state index in [0.717, 1.165) is 5.56 Å². The molecule has 0 amide bonds. The minimum absolute atomic E-state index is 0.00217. The molecule has 0 saturated carbocycles. The molecule has 3 nitrogen and oxygen atoms in total. The zero-order chi connectivity index (χ0) is 12.8. The van der Waals surface area contributed by atoms with E-state index in [9.17, 15) is 14.7 Å². The Balaban J connectivity index is 2.64. The van der Waals surface area contributed by atoms with Gasteiger partial charge in [0, 0.05) is 6.42 Å². The van der Waals surface area contributed by atoms with Crippen molar-refractivity contribution in [3.05, 3.63) is 29.8 Å². The third kappa shape index (κ3) is 4.02. The maximum Gasteiger partial charge on any atom is 0.143 e. The first-order valence-corrected chi connectivity index (χ1v) is 5.85. The van der Waals surface area contributed by atoms with Crippen LogP contribution in [-0.2, 0) is 16.0 Å². The molecule has 3 heteroatoms. The Morgan fingerprint density at radius 2 is 2.06 bits per heavy atom. The zero-order valence-electron chi connectivity index (χ0n) is 10.3. The van der Waals surface area contributed by atoms with Crippen LogP contribution < -0.4 is 0 Å². The summed E-state index contributed by atoms with van der Waals surface area (Å²) < 4.78 is 0. The van der Waals surface area contributed by atoms with Crippen molar-refractivity contribution in [2.45, 2.75) is 33.1 Å². The molecule has 0 saturated heterocycles. The first-order valence-electron chi connectivity index (χ1n) is 5.85. The van der Waals surface area contributed by atoms with Gasteiger partial charge in [0.15, 0.2) is 0 Å². The Bertz CT molecular complexity index is 410. The lowest BCUT2D eigenvalue weighted by molar-refractivity contribution is -0.131. The molecule has 0 aliphatic rings. The fourth-order valence-corrected chi connectivity index (χ4v) is 1.86. The van der Waals surface area contributed by atoms with Gasteiger partial charge in [-0.1, -0.05) is 19.1 Å². The number of Topliss-reactive ketones (excluding diaryl/α,β-unsaturated/α-hetero) is 2. The molecule has 92 valence electrons. The molecule has 0 aromatic heterocycles. The number of hydrogen-bond acceptors (Lipinski definition) is 3. The second-order valence-electron chi connectivity index (χ2n) is 4.19.